The van der Waals surface area contributed by atoms with E-state index in [1.807, 2.05) is 18.2 Å². The molecule has 10 heteroatoms. The molecule has 2 aromatic carbocycles. The van der Waals surface area contributed by atoms with Gasteiger partial charge in [-0.05, 0) is 24.3 Å². The number of nitro groups is 1. The number of rotatable bonds is 5. The first kappa shape index (κ1) is 20.5. The highest BCUT2D eigenvalue weighted by atomic mass is 32.1. The third kappa shape index (κ3) is 4.38. The number of anilines is 1. The second-order valence-corrected chi connectivity index (χ2v) is 7.77. The number of hydrogen-bond acceptors (Lipinski definition) is 7. The first-order chi connectivity index (χ1) is 14.9. The Bertz CT molecular complexity index is 1180. The zero-order chi connectivity index (χ0) is 22.0. The second-order valence-electron chi connectivity index (χ2n) is 6.91. The highest BCUT2D eigenvalue weighted by Crippen LogP contribution is 2.36. The van der Waals surface area contributed by atoms with Gasteiger partial charge >= 0.3 is 0 Å². The molecular formula is C21H18N4O5S. The smallest absolute Gasteiger partial charge is 0.282 e. The maximum atomic E-state index is 12.5. The number of carbonyl (C=O) groups is 2. The summed E-state index contributed by atoms with van der Waals surface area (Å²) in [5.74, 6) is 0.00331. The molecule has 31 heavy (non-hydrogen) atoms. The topological polar surface area (TPSA) is 123 Å². The minimum absolute atomic E-state index is 0.0340. The Morgan fingerprint density at radius 2 is 2.06 bits per heavy atom. The molecule has 1 aromatic heterocycles. The van der Waals surface area contributed by atoms with Crippen molar-refractivity contribution < 1.29 is 19.2 Å². The summed E-state index contributed by atoms with van der Waals surface area (Å²) in [7, 11) is 0. The van der Waals surface area contributed by atoms with Crippen molar-refractivity contribution in [2.24, 2.45) is 0 Å². The van der Waals surface area contributed by atoms with E-state index in [1.54, 1.807) is 11.4 Å². The highest BCUT2D eigenvalue weighted by Gasteiger charge is 2.24. The van der Waals surface area contributed by atoms with Crippen LogP contribution in [-0.4, -0.2) is 28.3 Å². The third-order valence-corrected chi connectivity index (χ3v) is 5.55. The molecule has 0 aliphatic carbocycles. The van der Waals surface area contributed by atoms with Crippen molar-refractivity contribution in [1.82, 2.24) is 10.3 Å². The number of hydrogen-bond donors (Lipinski definition) is 2. The van der Waals surface area contributed by atoms with Crippen molar-refractivity contribution in [2.75, 3.05) is 11.9 Å². The van der Waals surface area contributed by atoms with Gasteiger partial charge in [0.25, 0.3) is 11.6 Å². The minimum Gasteiger partial charge on any atom is -0.493 e. The zero-order valence-electron chi connectivity index (χ0n) is 16.5. The van der Waals surface area contributed by atoms with Crippen molar-refractivity contribution in [3.05, 3.63) is 69.1 Å². The van der Waals surface area contributed by atoms with Gasteiger partial charge in [0.05, 0.1) is 23.3 Å². The lowest BCUT2D eigenvalue weighted by molar-refractivity contribution is -0.385. The van der Waals surface area contributed by atoms with Crippen LogP contribution >= 0.6 is 11.3 Å². The first-order valence-electron chi connectivity index (χ1n) is 9.47. The van der Waals surface area contributed by atoms with Gasteiger partial charge in [0, 0.05) is 35.9 Å². The summed E-state index contributed by atoms with van der Waals surface area (Å²) in [6.45, 7) is 2.00. The average Bonchev–Trinajstić information content (AvgIpc) is 3.21. The van der Waals surface area contributed by atoms with Crippen LogP contribution in [-0.2, 0) is 4.79 Å². The summed E-state index contributed by atoms with van der Waals surface area (Å²) in [4.78, 5) is 39.0. The van der Waals surface area contributed by atoms with Gasteiger partial charge in [-0.1, -0.05) is 12.1 Å². The Hall–Kier alpha value is -3.79. The van der Waals surface area contributed by atoms with Crippen molar-refractivity contribution >= 4 is 34.0 Å². The van der Waals surface area contributed by atoms with Crippen LogP contribution in [0.15, 0.2) is 47.8 Å². The molecule has 1 aliphatic heterocycles. The number of ether oxygens (including phenoxy) is 1. The predicted octanol–water partition coefficient (Wildman–Crippen LogP) is 3.93. The fraction of sp³-hybridized carbons (Fsp3) is 0.190. The molecule has 1 unspecified atom stereocenters. The summed E-state index contributed by atoms with van der Waals surface area (Å²) in [6.07, 6.45) is 0.671. The van der Waals surface area contributed by atoms with Crippen LogP contribution in [0.25, 0.3) is 11.3 Å². The van der Waals surface area contributed by atoms with Crippen molar-refractivity contribution in [2.45, 2.75) is 19.4 Å². The molecule has 4 rings (SSSR count). The van der Waals surface area contributed by atoms with E-state index >= 15 is 0 Å². The molecule has 9 nitrogen and oxygen atoms in total. The molecule has 2 amide bonds. The van der Waals surface area contributed by atoms with E-state index in [4.69, 9.17) is 4.74 Å². The first-order valence-corrected chi connectivity index (χ1v) is 10.3. The third-order valence-electron chi connectivity index (χ3n) is 4.79. The molecule has 158 valence electrons. The van der Waals surface area contributed by atoms with Crippen molar-refractivity contribution in [3.63, 3.8) is 0 Å². The molecule has 0 spiro atoms. The van der Waals surface area contributed by atoms with Gasteiger partial charge in [-0.3, -0.25) is 25.0 Å². The molecule has 0 radical (unpaired) electrons. The lowest BCUT2D eigenvalue weighted by Gasteiger charge is -2.26. The number of nitro benzene ring substituents is 1. The maximum absolute atomic E-state index is 12.5. The Kier molecular flexibility index (Phi) is 5.63. The number of thiazole rings is 1. The number of aromatic nitrogens is 1. The Balaban J connectivity index is 1.56. The largest absolute Gasteiger partial charge is 0.493 e. The Morgan fingerprint density at radius 1 is 1.26 bits per heavy atom. The molecular weight excluding hydrogens is 420 g/mol. The van der Waals surface area contributed by atoms with Crippen molar-refractivity contribution in [1.29, 1.82) is 0 Å². The molecule has 0 saturated carbocycles. The van der Waals surface area contributed by atoms with E-state index in [9.17, 15) is 19.7 Å². The standard InChI is InChI=1S/C21H18N4O5S/c1-12(26)22-16-8-9-30-19-7-6-13(10-15(16)19)17-11-31-21(23-17)24-20(27)14-4-2-3-5-18(14)25(28)29/h2-7,10-11,16H,8-9H2,1H3,(H,22,26)(H,23,24,27). The fourth-order valence-corrected chi connectivity index (χ4v) is 4.12. The average molecular weight is 438 g/mol. The summed E-state index contributed by atoms with van der Waals surface area (Å²) < 4.78 is 5.68. The van der Waals surface area contributed by atoms with Crippen LogP contribution in [0.3, 0.4) is 0 Å². The van der Waals surface area contributed by atoms with Gasteiger partial charge in [-0.25, -0.2) is 4.98 Å². The molecule has 0 bridgehead atoms. The fourth-order valence-electron chi connectivity index (χ4n) is 3.40. The predicted molar refractivity (Wildman–Crippen MR) is 115 cm³/mol. The summed E-state index contributed by atoms with van der Waals surface area (Å²) >= 11 is 1.22. The van der Waals surface area contributed by atoms with Crippen LogP contribution in [0.2, 0.25) is 0 Å². The van der Waals surface area contributed by atoms with Crippen LogP contribution in [0.1, 0.15) is 35.3 Å². The van der Waals surface area contributed by atoms with E-state index in [-0.39, 0.29) is 23.2 Å². The molecule has 3 aromatic rings. The maximum Gasteiger partial charge on any atom is 0.282 e. The summed E-state index contributed by atoms with van der Waals surface area (Å²) in [5, 5.41) is 18.8. The number of amides is 2. The zero-order valence-corrected chi connectivity index (χ0v) is 17.3. The molecule has 2 heterocycles. The van der Waals surface area contributed by atoms with E-state index in [0.29, 0.717) is 29.6 Å². The van der Waals surface area contributed by atoms with Crippen LogP contribution in [0, 0.1) is 10.1 Å². The number of fused-ring (bicyclic) bond motifs is 1. The molecule has 0 fully saturated rings. The summed E-state index contributed by atoms with van der Waals surface area (Å²) in [5.41, 5.74) is 2.01. The quantitative estimate of drug-likeness (QED) is 0.459. The Labute approximate surface area is 181 Å². The van der Waals surface area contributed by atoms with E-state index < -0.39 is 10.8 Å². The second kappa shape index (κ2) is 8.52. The van der Waals surface area contributed by atoms with Gasteiger partial charge in [-0.2, -0.15) is 0 Å². The Morgan fingerprint density at radius 3 is 2.84 bits per heavy atom. The highest BCUT2D eigenvalue weighted by molar-refractivity contribution is 7.14. The molecule has 2 N–H and O–H groups in total. The van der Waals surface area contributed by atoms with Crippen LogP contribution in [0.5, 0.6) is 5.75 Å². The minimum atomic E-state index is -0.599. The lowest BCUT2D eigenvalue weighted by atomic mass is 9.97. The van der Waals surface area contributed by atoms with Gasteiger partial charge in [0.2, 0.25) is 5.91 Å². The lowest BCUT2D eigenvalue weighted by Crippen LogP contribution is -2.30. The van der Waals surface area contributed by atoms with Gasteiger partial charge in [0.15, 0.2) is 5.13 Å². The van der Waals surface area contributed by atoms with E-state index in [2.05, 4.69) is 15.6 Å². The number of carbonyl (C=O) groups excluding carboxylic acids is 2. The van der Waals surface area contributed by atoms with Crippen molar-refractivity contribution in [3.8, 4) is 17.0 Å². The molecule has 1 aliphatic rings. The van der Waals surface area contributed by atoms with Gasteiger partial charge < -0.3 is 10.1 Å². The SMILES string of the molecule is CC(=O)NC1CCOc2ccc(-c3csc(NC(=O)c4ccccc4[N+](=O)[O-])n3)cc21. The number of benzene rings is 2. The number of para-hydroxylation sites is 1. The number of nitrogens with one attached hydrogen (secondary N) is 2. The normalized spacial score (nSPS) is 14.8. The van der Waals surface area contributed by atoms with Crippen LogP contribution in [0.4, 0.5) is 10.8 Å². The van der Waals surface area contributed by atoms with Gasteiger partial charge in [0.1, 0.15) is 11.3 Å². The molecule has 0 saturated heterocycles. The van der Waals surface area contributed by atoms with Crippen LogP contribution < -0.4 is 15.4 Å². The summed E-state index contributed by atoms with van der Waals surface area (Å²) in [6, 6.07) is 11.2. The molecule has 1 atom stereocenters. The van der Waals surface area contributed by atoms with E-state index in [0.717, 1.165) is 11.1 Å². The van der Waals surface area contributed by atoms with E-state index in [1.165, 1.54) is 36.5 Å². The van der Waals surface area contributed by atoms with Gasteiger partial charge in [-0.15, -0.1) is 11.3 Å². The number of nitrogens with zero attached hydrogens (tertiary/aromatic N) is 2. The monoisotopic (exact) mass is 438 g/mol.